The Bertz CT molecular complexity index is 764. The summed E-state index contributed by atoms with van der Waals surface area (Å²) in [6.07, 6.45) is 0. The number of benzene rings is 2. The first kappa shape index (κ1) is 18.0. The van der Waals surface area contributed by atoms with Gasteiger partial charge in [-0.25, -0.2) is 0 Å². The van der Waals surface area contributed by atoms with Gasteiger partial charge in [0.2, 0.25) is 11.8 Å². The molecule has 0 atom stereocenters. The summed E-state index contributed by atoms with van der Waals surface area (Å²) in [5.74, 6) is -0.501. The molecule has 0 aliphatic carbocycles. The molecule has 126 valence electrons. The number of carbonyl (C=O) groups is 2. The Morgan fingerprint density at radius 2 is 1.75 bits per heavy atom. The van der Waals surface area contributed by atoms with Crippen LogP contribution in [-0.4, -0.2) is 18.4 Å². The van der Waals surface area contributed by atoms with Crippen LogP contribution in [-0.2, 0) is 9.59 Å². The minimum absolute atomic E-state index is 0.0900. The Morgan fingerprint density at radius 3 is 2.33 bits per heavy atom. The molecule has 0 fully saturated rings. The van der Waals surface area contributed by atoms with Crippen LogP contribution in [0.4, 0.5) is 11.4 Å². The van der Waals surface area contributed by atoms with Crippen LogP contribution in [0.25, 0.3) is 0 Å². The van der Waals surface area contributed by atoms with E-state index in [1.165, 1.54) is 11.8 Å². The summed E-state index contributed by atoms with van der Waals surface area (Å²) in [7, 11) is 0. The van der Waals surface area contributed by atoms with Gasteiger partial charge in [-0.05, 0) is 49.6 Å². The van der Waals surface area contributed by atoms with Crippen LogP contribution in [0.15, 0.2) is 36.4 Å². The van der Waals surface area contributed by atoms with Crippen LogP contribution in [0, 0.1) is 20.8 Å². The molecule has 0 aliphatic heterocycles. The third-order valence-electron chi connectivity index (χ3n) is 3.77. The molecule has 2 aromatic rings. The van der Waals surface area contributed by atoms with Crippen molar-refractivity contribution in [2.45, 2.75) is 27.7 Å². The van der Waals surface area contributed by atoms with Gasteiger partial charge in [0, 0.05) is 12.6 Å². The molecule has 2 rings (SSSR count). The summed E-state index contributed by atoms with van der Waals surface area (Å²) in [6, 6.07) is 11.2. The molecule has 2 aromatic carbocycles. The Labute approximate surface area is 147 Å². The number of rotatable bonds is 4. The Morgan fingerprint density at radius 1 is 1.08 bits per heavy atom. The van der Waals surface area contributed by atoms with Crippen molar-refractivity contribution in [2.24, 2.45) is 0 Å². The summed E-state index contributed by atoms with van der Waals surface area (Å²) < 4.78 is 0. The molecule has 0 saturated carbocycles. The molecule has 0 heterocycles. The maximum atomic E-state index is 12.4. The first-order chi connectivity index (χ1) is 11.3. The minimum Gasteiger partial charge on any atom is -0.324 e. The molecule has 2 amide bonds. The number of amides is 2. The lowest BCUT2D eigenvalue weighted by Gasteiger charge is -2.24. The largest absolute Gasteiger partial charge is 0.324 e. The molecular weight excluding hydrogens is 324 g/mol. The van der Waals surface area contributed by atoms with Crippen LogP contribution >= 0.6 is 11.6 Å². The van der Waals surface area contributed by atoms with E-state index in [0.29, 0.717) is 10.7 Å². The van der Waals surface area contributed by atoms with E-state index in [9.17, 15) is 9.59 Å². The van der Waals surface area contributed by atoms with Gasteiger partial charge >= 0.3 is 0 Å². The molecule has 0 radical (unpaired) electrons. The van der Waals surface area contributed by atoms with Gasteiger partial charge in [0.25, 0.3) is 0 Å². The summed E-state index contributed by atoms with van der Waals surface area (Å²) in [5.41, 5.74) is 4.14. The zero-order valence-corrected chi connectivity index (χ0v) is 15.1. The predicted molar refractivity (Wildman–Crippen MR) is 98.8 cm³/mol. The SMILES string of the molecule is CC(=O)N(CC(=O)Nc1ccccc1C)c1c(C)cc(C)cc1Cl. The third-order valence-corrected chi connectivity index (χ3v) is 4.06. The molecule has 4 nitrogen and oxygen atoms in total. The second-order valence-electron chi connectivity index (χ2n) is 5.88. The first-order valence-corrected chi connectivity index (χ1v) is 8.07. The van der Waals surface area contributed by atoms with Crippen molar-refractivity contribution >= 4 is 34.8 Å². The molecule has 5 heteroatoms. The fourth-order valence-electron chi connectivity index (χ4n) is 2.64. The van der Waals surface area contributed by atoms with Gasteiger partial charge < -0.3 is 10.2 Å². The zero-order chi connectivity index (χ0) is 17.9. The third kappa shape index (κ3) is 4.15. The van der Waals surface area contributed by atoms with Gasteiger partial charge in [0.15, 0.2) is 0 Å². The fraction of sp³-hybridized carbons (Fsp3) is 0.263. The highest BCUT2D eigenvalue weighted by atomic mass is 35.5. The van der Waals surface area contributed by atoms with Crippen LogP contribution in [0.5, 0.6) is 0 Å². The van der Waals surface area contributed by atoms with Crippen molar-refractivity contribution in [3.63, 3.8) is 0 Å². The highest BCUT2D eigenvalue weighted by Gasteiger charge is 2.21. The number of carbonyl (C=O) groups excluding carboxylic acids is 2. The highest BCUT2D eigenvalue weighted by molar-refractivity contribution is 6.34. The van der Waals surface area contributed by atoms with Crippen molar-refractivity contribution in [2.75, 3.05) is 16.8 Å². The minimum atomic E-state index is -0.268. The second kappa shape index (κ2) is 7.49. The van der Waals surface area contributed by atoms with Crippen molar-refractivity contribution in [1.29, 1.82) is 0 Å². The van der Waals surface area contributed by atoms with Crippen LogP contribution in [0.3, 0.4) is 0 Å². The van der Waals surface area contributed by atoms with Crippen LogP contribution in [0.1, 0.15) is 23.6 Å². The molecule has 0 aromatic heterocycles. The predicted octanol–water partition coefficient (Wildman–Crippen LogP) is 4.26. The normalized spacial score (nSPS) is 10.4. The number of nitrogens with one attached hydrogen (secondary N) is 1. The van der Waals surface area contributed by atoms with E-state index < -0.39 is 0 Å². The summed E-state index contributed by atoms with van der Waals surface area (Å²) in [5, 5.41) is 3.30. The smallest absolute Gasteiger partial charge is 0.244 e. The van der Waals surface area contributed by atoms with Crippen LogP contribution in [0.2, 0.25) is 5.02 Å². The lowest BCUT2D eigenvalue weighted by atomic mass is 10.1. The average molecular weight is 345 g/mol. The number of nitrogens with zero attached hydrogens (tertiary/aromatic N) is 1. The molecule has 0 unspecified atom stereocenters. The zero-order valence-electron chi connectivity index (χ0n) is 14.3. The number of aryl methyl sites for hydroxylation is 3. The summed E-state index contributed by atoms with van der Waals surface area (Å²) >= 11 is 6.32. The standard InChI is InChI=1S/C19H21ClN2O2/c1-12-9-14(3)19(16(20)10-12)22(15(4)23)11-18(24)21-17-8-6-5-7-13(17)2/h5-10H,11H2,1-4H3,(H,21,24). The number of hydrogen-bond acceptors (Lipinski definition) is 2. The molecule has 1 N–H and O–H groups in total. The van der Waals surface area contributed by atoms with Crippen molar-refractivity contribution in [3.05, 3.63) is 58.1 Å². The Balaban J connectivity index is 2.25. The van der Waals surface area contributed by atoms with Gasteiger partial charge in [-0.15, -0.1) is 0 Å². The van der Waals surface area contributed by atoms with E-state index in [-0.39, 0.29) is 18.4 Å². The number of anilines is 2. The van der Waals surface area contributed by atoms with Gasteiger partial charge in [-0.1, -0.05) is 35.9 Å². The summed E-state index contributed by atoms with van der Waals surface area (Å²) in [4.78, 5) is 25.9. The van der Waals surface area contributed by atoms with Crippen LogP contribution < -0.4 is 10.2 Å². The van der Waals surface area contributed by atoms with Gasteiger partial charge in [0.05, 0.1) is 10.7 Å². The van der Waals surface area contributed by atoms with Crippen molar-refractivity contribution in [3.8, 4) is 0 Å². The number of hydrogen-bond donors (Lipinski definition) is 1. The molecular formula is C19H21ClN2O2. The first-order valence-electron chi connectivity index (χ1n) is 7.70. The van der Waals surface area contributed by atoms with E-state index in [4.69, 9.17) is 11.6 Å². The molecule has 0 bridgehead atoms. The van der Waals surface area contributed by atoms with Gasteiger partial charge in [0.1, 0.15) is 6.54 Å². The van der Waals surface area contributed by atoms with E-state index in [1.807, 2.05) is 51.1 Å². The lowest BCUT2D eigenvalue weighted by molar-refractivity contribution is -0.120. The monoisotopic (exact) mass is 344 g/mol. The van der Waals surface area contributed by atoms with E-state index >= 15 is 0 Å². The molecule has 0 aliphatic rings. The van der Waals surface area contributed by atoms with Gasteiger partial charge in [-0.2, -0.15) is 0 Å². The molecule has 0 spiro atoms. The quantitative estimate of drug-likeness (QED) is 0.901. The number of halogens is 1. The Kier molecular flexibility index (Phi) is 5.62. The van der Waals surface area contributed by atoms with E-state index in [0.717, 1.165) is 22.4 Å². The van der Waals surface area contributed by atoms with E-state index in [1.54, 1.807) is 6.07 Å². The Hall–Kier alpha value is -2.33. The maximum Gasteiger partial charge on any atom is 0.244 e. The lowest BCUT2D eigenvalue weighted by Crippen LogP contribution is -2.37. The van der Waals surface area contributed by atoms with E-state index in [2.05, 4.69) is 5.32 Å². The topological polar surface area (TPSA) is 49.4 Å². The second-order valence-corrected chi connectivity index (χ2v) is 6.29. The van der Waals surface area contributed by atoms with Crippen molar-refractivity contribution < 1.29 is 9.59 Å². The number of para-hydroxylation sites is 1. The van der Waals surface area contributed by atoms with Gasteiger partial charge in [-0.3, -0.25) is 9.59 Å². The van der Waals surface area contributed by atoms with Crippen molar-refractivity contribution in [1.82, 2.24) is 0 Å². The highest BCUT2D eigenvalue weighted by Crippen LogP contribution is 2.31. The maximum absolute atomic E-state index is 12.4. The fourth-order valence-corrected chi connectivity index (χ4v) is 3.07. The summed E-state index contributed by atoms with van der Waals surface area (Å²) in [6.45, 7) is 7.07. The average Bonchev–Trinajstić information content (AvgIpc) is 2.47. The molecule has 24 heavy (non-hydrogen) atoms. The molecule has 0 saturated heterocycles.